The van der Waals surface area contributed by atoms with Crippen molar-refractivity contribution in [2.24, 2.45) is 0 Å². The number of aryl methyl sites for hydroxylation is 1. The van der Waals surface area contributed by atoms with Crippen molar-refractivity contribution in [2.75, 3.05) is 7.11 Å². The van der Waals surface area contributed by atoms with Crippen LogP contribution in [0.2, 0.25) is 0 Å². The summed E-state index contributed by atoms with van der Waals surface area (Å²) in [6.07, 6.45) is 4.99. The van der Waals surface area contributed by atoms with E-state index in [9.17, 15) is 9.90 Å². The zero-order valence-electron chi connectivity index (χ0n) is 10.2. The Bertz CT molecular complexity index is 436. The maximum Gasteiger partial charge on any atom is 0.314 e. The number of carboxylic acids is 1. The first-order valence-electron chi connectivity index (χ1n) is 5.85. The van der Waals surface area contributed by atoms with E-state index >= 15 is 0 Å². The van der Waals surface area contributed by atoms with Crippen LogP contribution in [0, 0.1) is 6.92 Å². The average Bonchev–Trinajstić information content (AvgIpc) is 2.79. The van der Waals surface area contributed by atoms with Crippen LogP contribution in [0.1, 0.15) is 36.8 Å². The molecule has 0 saturated heterocycles. The van der Waals surface area contributed by atoms with Gasteiger partial charge in [-0.3, -0.25) is 4.79 Å². The number of carbonyl (C=O) groups is 1. The minimum atomic E-state index is -0.735. The van der Waals surface area contributed by atoms with Gasteiger partial charge in [0.15, 0.2) is 0 Å². The number of rotatable bonds is 3. The van der Waals surface area contributed by atoms with Gasteiger partial charge in [-0.15, -0.1) is 0 Å². The number of hydrogen-bond donors (Lipinski definition) is 1. The molecule has 17 heavy (non-hydrogen) atoms. The molecule has 1 aromatic rings. The standard InChI is InChI=1S/C13H17NO3/c1-9-7-10(8-14-11(9)17-2)13(12(15)16)5-3-4-6-13/h7-8H,3-6H2,1-2H3,(H,15,16). The number of ether oxygens (including phenoxy) is 1. The van der Waals surface area contributed by atoms with Crippen LogP contribution in [0.3, 0.4) is 0 Å². The fourth-order valence-electron chi connectivity index (χ4n) is 2.64. The minimum Gasteiger partial charge on any atom is -0.481 e. The van der Waals surface area contributed by atoms with Gasteiger partial charge in [0.05, 0.1) is 12.5 Å². The topological polar surface area (TPSA) is 59.4 Å². The maximum atomic E-state index is 11.5. The third-order valence-electron chi connectivity index (χ3n) is 3.64. The predicted molar refractivity (Wildman–Crippen MR) is 63.3 cm³/mol. The van der Waals surface area contributed by atoms with Crippen LogP contribution in [-0.2, 0) is 10.2 Å². The summed E-state index contributed by atoms with van der Waals surface area (Å²) in [6, 6.07) is 1.89. The molecule has 0 radical (unpaired) electrons. The molecule has 1 aliphatic carbocycles. The van der Waals surface area contributed by atoms with E-state index in [1.54, 1.807) is 13.3 Å². The van der Waals surface area contributed by atoms with E-state index in [0.29, 0.717) is 18.7 Å². The summed E-state index contributed by atoms with van der Waals surface area (Å²) in [5.74, 6) is -0.173. The number of methoxy groups -OCH3 is 1. The number of aromatic nitrogens is 1. The van der Waals surface area contributed by atoms with Crippen LogP contribution in [0.15, 0.2) is 12.3 Å². The van der Waals surface area contributed by atoms with Gasteiger partial charge in [0, 0.05) is 11.8 Å². The smallest absolute Gasteiger partial charge is 0.314 e. The minimum absolute atomic E-state index is 0.562. The maximum absolute atomic E-state index is 11.5. The van der Waals surface area contributed by atoms with Crippen molar-refractivity contribution < 1.29 is 14.6 Å². The highest BCUT2D eigenvalue weighted by atomic mass is 16.5. The van der Waals surface area contributed by atoms with Crippen LogP contribution in [0.4, 0.5) is 0 Å². The highest BCUT2D eigenvalue weighted by Gasteiger charge is 2.43. The highest BCUT2D eigenvalue weighted by Crippen LogP contribution is 2.41. The van der Waals surface area contributed by atoms with Gasteiger partial charge >= 0.3 is 5.97 Å². The summed E-state index contributed by atoms with van der Waals surface area (Å²) in [7, 11) is 1.57. The van der Waals surface area contributed by atoms with E-state index in [-0.39, 0.29) is 0 Å². The molecule has 1 aliphatic rings. The molecule has 0 unspecified atom stereocenters. The molecule has 1 fully saturated rings. The zero-order chi connectivity index (χ0) is 12.5. The molecule has 92 valence electrons. The van der Waals surface area contributed by atoms with Crippen LogP contribution < -0.4 is 4.74 Å². The van der Waals surface area contributed by atoms with Gasteiger partial charge in [-0.25, -0.2) is 4.98 Å². The molecular weight excluding hydrogens is 218 g/mol. The van der Waals surface area contributed by atoms with E-state index in [2.05, 4.69) is 4.98 Å². The van der Waals surface area contributed by atoms with Crippen molar-refractivity contribution in [3.63, 3.8) is 0 Å². The van der Waals surface area contributed by atoms with Crippen LogP contribution in [0.5, 0.6) is 5.88 Å². The molecule has 0 amide bonds. The number of hydrogen-bond acceptors (Lipinski definition) is 3. The van der Waals surface area contributed by atoms with Gasteiger partial charge < -0.3 is 9.84 Å². The van der Waals surface area contributed by atoms with Gasteiger partial charge in [0.25, 0.3) is 0 Å². The van der Waals surface area contributed by atoms with Crippen molar-refractivity contribution in [2.45, 2.75) is 38.0 Å². The van der Waals surface area contributed by atoms with Crippen molar-refractivity contribution in [1.82, 2.24) is 4.98 Å². The molecule has 1 saturated carbocycles. The zero-order valence-corrected chi connectivity index (χ0v) is 10.2. The number of nitrogens with zero attached hydrogens (tertiary/aromatic N) is 1. The molecule has 1 N–H and O–H groups in total. The van der Waals surface area contributed by atoms with Crippen molar-refractivity contribution in [1.29, 1.82) is 0 Å². The fraction of sp³-hybridized carbons (Fsp3) is 0.538. The van der Waals surface area contributed by atoms with Crippen molar-refractivity contribution in [3.8, 4) is 5.88 Å². The first kappa shape index (κ1) is 11.9. The summed E-state index contributed by atoms with van der Waals surface area (Å²) in [5.41, 5.74) is 0.961. The van der Waals surface area contributed by atoms with Gasteiger partial charge in [-0.2, -0.15) is 0 Å². The Morgan fingerprint density at radius 1 is 1.47 bits per heavy atom. The van der Waals surface area contributed by atoms with E-state index in [0.717, 1.165) is 24.0 Å². The van der Waals surface area contributed by atoms with Crippen LogP contribution >= 0.6 is 0 Å². The first-order valence-corrected chi connectivity index (χ1v) is 5.85. The molecule has 1 heterocycles. The van der Waals surface area contributed by atoms with Gasteiger partial charge in [0.1, 0.15) is 0 Å². The molecule has 2 rings (SSSR count). The lowest BCUT2D eigenvalue weighted by molar-refractivity contribution is -0.143. The Balaban J connectivity index is 2.44. The van der Waals surface area contributed by atoms with Gasteiger partial charge in [0.2, 0.25) is 5.88 Å². The van der Waals surface area contributed by atoms with Crippen LogP contribution in [0.25, 0.3) is 0 Å². The average molecular weight is 235 g/mol. The second kappa shape index (κ2) is 4.35. The number of carboxylic acid groups (broad SMARTS) is 1. The third kappa shape index (κ3) is 1.88. The molecule has 4 nitrogen and oxygen atoms in total. The van der Waals surface area contributed by atoms with E-state index in [4.69, 9.17) is 4.74 Å². The Kier molecular flexibility index (Phi) is 3.05. The van der Waals surface area contributed by atoms with E-state index in [1.165, 1.54) is 0 Å². The van der Waals surface area contributed by atoms with Gasteiger partial charge in [-0.05, 0) is 31.4 Å². The van der Waals surface area contributed by atoms with Gasteiger partial charge in [-0.1, -0.05) is 12.8 Å². The van der Waals surface area contributed by atoms with Crippen molar-refractivity contribution >= 4 is 5.97 Å². The molecule has 4 heteroatoms. The van der Waals surface area contributed by atoms with E-state index in [1.807, 2.05) is 13.0 Å². The molecule has 0 aromatic carbocycles. The lowest BCUT2D eigenvalue weighted by Gasteiger charge is -2.24. The van der Waals surface area contributed by atoms with E-state index < -0.39 is 11.4 Å². The number of pyridine rings is 1. The lowest BCUT2D eigenvalue weighted by atomic mass is 9.79. The largest absolute Gasteiger partial charge is 0.481 e. The summed E-state index contributed by atoms with van der Waals surface area (Å²) >= 11 is 0. The summed E-state index contributed by atoms with van der Waals surface area (Å²) < 4.78 is 5.10. The summed E-state index contributed by atoms with van der Waals surface area (Å²) in [5, 5.41) is 9.48. The Labute approximate surface area is 101 Å². The summed E-state index contributed by atoms with van der Waals surface area (Å²) in [6.45, 7) is 1.89. The summed E-state index contributed by atoms with van der Waals surface area (Å²) in [4.78, 5) is 15.7. The van der Waals surface area contributed by atoms with Crippen molar-refractivity contribution in [3.05, 3.63) is 23.4 Å². The molecule has 0 atom stereocenters. The fourth-order valence-corrected chi connectivity index (χ4v) is 2.64. The molecular formula is C13H17NO3. The monoisotopic (exact) mass is 235 g/mol. The predicted octanol–water partition coefficient (Wildman–Crippen LogP) is 2.30. The molecule has 1 aromatic heterocycles. The Hall–Kier alpha value is -1.58. The molecule has 0 spiro atoms. The second-order valence-corrected chi connectivity index (χ2v) is 4.64. The highest BCUT2D eigenvalue weighted by molar-refractivity contribution is 5.81. The Morgan fingerprint density at radius 2 is 2.12 bits per heavy atom. The molecule has 0 aliphatic heterocycles. The third-order valence-corrected chi connectivity index (χ3v) is 3.64. The normalized spacial score (nSPS) is 18.0. The Morgan fingerprint density at radius 3 is 2.59 bits per heavy atom. The number of aliphatic carboxylic acids is 1. The molecule has 0 bridgehead atoms. The SMILES string of the molecule is COc1ncc(C2(C(=O)O)CCCC2)cc1C. The quantitative estimate of drug-likeness (QED) is 0.873. The lowest BCUT2D eigenvalue weighted by Crippen LogP contribution is -2.32. The first-order chi connectivity index (χ1) is 8.10. The second-order valence-electron chi connectivity index (χ2n) is 4.64. The van der Waals surface area contributed by atoms with Crippen LogP contribution in [-0.4, -0.2) is 23.2 Å².